The van der Waals surface area contributed by atoms with Crippen LogP contribution in [0.3, 0.4) is 0 Å². The number of rotatable bonds is 7. The molecule has 34 heavy (non-hydrogen) atoms. The van der Waals surface area contributed by atoms with Crippen LogP contribution in [0.4, 0.5) is 0 Å². The largest absolute Gasteiger partial charge is 0.497 e. The van der Waals surface area contributed by atoms with E-state index in [4.69, 9.17) is 18.9 Å². The lowest BCUT2D eigenvalue weighted by atomic mass is 9.93. The smallest absolute Gasteiger partial charge is 0.338 e. The molecule has 1 saturated heterocycles. The minimum absolute atomic E-state index is 0.0160. The highest BCUT2D eigenvalue weighted by molar-refractivity contribution is 8.16. The van der Waals surface area contributed by atoms with Gasteiger partial charge in [0.05, 0.1) is 57.8 Å². The molecule has 1 aromatic rings. The maximum absolute atomic E-state index is 13.1. The number of carbonyl (C=O) groups is 2. The van der Waals surface area contributed by atoms with Gasteiger partial charge >= 0.3 is 5.97 Å². The van der Waals surface area contributed by atoms with Crippen molar-refractivity contribution in [2.45, 2.75) is 26.3 Å². The zero-order valence-electron chi connectivity index (χ0n) is 19.8. The van der Waals surface area contributed by atoms with Crippen LogP contribution in [0.2, 0.25) is 0 Å². The molecule has 0 aliphatic carbocycles. The second-order valence-electron chi connectivity index (χ2n) is 7.93. The molecule has 0 bridgehead atoms. The lowest BCUT2D eigenvalue weighted by molar-refractivity contribution is -0.139. The summed E-state index contributed by atoms with van der Waals surface area (Å²) in [5, 5.41) is 2.64. The standard InChI is InChI=1S/C24H29N3O6S/c1-5-33-23(29)21-15(2)25-24-27(22(21)16-10-18(30-3)13-19(11-16)31-4)17(14-34-24)12-20(28)26-6-8-32-9-7-26/h10-11,13-14,22H,5-9,12H2,1-4H3/t22-/m1/s1. The molecule has 0 aromatic heterocycles. The summed E-state index contributed by atoms with van der Waals surface area (Å²) in [7, 11) is 3.16. The number of carbonyl (C=O) groups excluding carboxylic acids is 2. The van der Waals surface area contributed by atoms with Crippen molar-refractivity contribution in [3.8, 4) is 11.5 Å². The number of benzene rings is 1. The Morgan fingerprint density at radius 3 is 2.44 bits per heavy atom. The summed E-state index contributed by atoms with van der Waals surface area (Å²) in [5.74, 6) is 0.773. The summed E-state index contributed by atoms with van der Waals surface area (Å²) in [6.45, 7) is 6.04. The normalized spacial score (nSPS) is 19.9. The molecule has 3 aliphatic rings. The molecule has 0 saturated carbocycles. The van der Waals surface area contributed by atoms with Gasteiger partial charge in [-0.25, -0.2) is 9.79 Å². The van der Waals surface area contributed by atoms with Gasteiger partial charge < -0.3 is 28.7 Å². The molecule has 0 N–H and O–H groups in total. The van der Waals surface area contributed by atoms with Gasteiger partial charge in [-0.1, -0.05) is 11.8 Å². The first-order chi connectivity index (χ1) is 16.5. The molecule has 0 unspecified atom stereocenters. The third-order valence-electron chi connectivity index (χ3n) is 5.88. The summed E-state index contributed by atoms with van der Waals surface area (Å²) < 4.78 is 21.8. The van der Waals surface area contributed by atoms with Crippen LogP contribution < -0.4 is 9.47 Å². The zero-order chi connectivity index (χ0) is 24.2. The van der Waals surface area contributed by atoms with E-state index in [-0.39, 0.29) is 18.9 Å². The number of hydrogen-bond acceptors (Lipinski definition) is 9. The fourth-order valence-corrected chi connectivity index (χ4v) is 5.19. The first-order valence-electron chi connectivity index (χ1n) is 11.2. The number of esters is 1. The molecule has 1 atom stereocenters. The maximum atomic E-state index is 13.1. The highest BCUT2D eigenvalue weighted by Gasteiger charge is 2.41. The van der Waals surface area contributed by atoms with E-state index >= 15 is 0 Å². The molecular weight excluding hydrogens is 458 g/mol. The molecule has 0 spiro atoms. The van der Waals surface area contributed by atoms with E-state index in [0.717, 1.165) is 11.3 Å². The number of amides is 1. The number of hydrogen-bond donors (Lipinski definition) is 0. The van der Waals surface area contributed by atoms with E-state index in [0.29, 0.717) is 54.2 Å². The van der Waals surface area contributed by atoms with E-state index in [1.807, 2.05) is 27.3 Å². The molecule has 10 heteroatoms. The second kappa shape index (κ2) is 10.5. The highest BCUT2D eigenvalue weighted by atomic mass is 32.2. The number of amidine groups is 1. The molecule has 4 rings (SSSR count). The van der Waals surface area contributed by atoms with Crippen molar-refractivity contribution < 1.29 is 28.5 Å². The lowest BCUT2D eigenvalue weighted by Crippen LogP contribution is -2.42. The van der Waals surface area contributed by atoms with Crippen molar-refractivity contribution in [2.24, 2.45) is 4.99 Å². The molecule has 9 nitrogen and oxygen atoms in total. The number of methoxy groups -OCH3 is 2. The summed E-state index contributed by atoms with van der Waals surface area (Å²) in [6.07, 6.45) is 0.193. The lowest BCUT2D eigenvalue weighted by Gasteiger charge is -2.37. The van der Waals surface area contributed by atoms with E-state index in [1.165, 1.54) is 11.8 Å². The van der Waals surface area contributed by atoms with Gasteiger partial charge in [-0.15, -0.1) is 0 Å². The topological polar surface area (TPSA) is 89.9 Å². The Hall–Kier alpha value is -2.98. The van der Waals surface area contributed by atoms with Crippen molar-refractivity contribution in [2.75, 3.05) is 47.1 Å². The van der Waals surface area contributed by atoms with Crippen molar-refractivity contribution in [3.05, 3.63) is 46.1 Å². The SMILES string of the molecule is CCOC(=O)C1=C(C)N=C2SC=C(CC(=O)N3CCOCC3)N2[C@@H]1c1cc(OC)cc(OC)c1. The van der Waals surface area contributed by atoms with Gasteiger partial charge in [-0.3, -0.25) is 4.79 Å². The molecule has 3 aliphatic heterocycles. The Kier molecular flexibility index (Phi) is 7.47. The Labute approximate surface area is 203 Å². The van der Waals surface area contributed by atoms with Gasteiger partial charge in [0.1, 0.15) is 11.5 Å². The molecule has 1 fully saturated rings. The average Bonchev–Trinajstić information content (AvgIpc) is 3.25. The number of nitrogens with zero attached hydrogens (tertiary/aromatic N) is 3. The Balaban J connectivity index is 1.75. The highest BCUT2D eigenvalue weighted by Crippen LogP contribution is 2.46. The number of allylic oxidation sites excluding steroid dienone is 1. The molecule has 1 aromatic carbocycles. The van der Waals surface area contributed by atoms with E-state index < -0.39 is 12.0 Å². The van der Waals surface area contributed by atoms with Crippen LogP contribution in [0.5, 0.6) is 11.5 Å². The van der Waals surface area contributed by atoms with Gasteiger partial charge in [0, 0.05) is 24.9 Å². The van der Waals surface area contributed by atoms with Crippen LogP contribution in [-0.4, -0.2) is 74.0 Å². The van der Waals surface area contributed by atoms with Gasteiger partial charge in [-0.2, -0.15) is 0 Å². The molecule has 1 amide bonds. The van der Waals surface area contributed by atoms with Crippen molar-refractivity contribution in [1.82, 2.24) is 9.80 Å². The fraction of sp³-hybridized carbons (Fsp3) is 0.458. The van der Waals surface area contributed by atoms with Crippen molar-refractivity contribution in [1.29, 1.82) is 0 Å². The third kappa shape index (κ3) is 4.78. The first-order valence-corrected chi connectivity index (χ1v) is 12.0. The summed E-state index contributed by atoms with van der Waals surface area (Å²) in [6, 6.07) is 4.97. The van der Waals surface area contributed by atoms with Crippen LogP contribution in [0.15, 0.2) is 45.6 Å². The first kappa shape index (κ1) is 24.2. The van der Waals surface area contributed by atoms with Gasteiger partial charge in [0.25, 0.3) is 0 Å². The van der Waals surface area contributed by atoms with E-state index in [2.05, 4.69) is 4.99 Å². The monoisotopic (exact) mass is 487 g/mol. The van der Waals surface area contributed by atoms with Crippen LogP contribution in [0.1, 0.15) is 31.9 Å². The maximum Gasteiger partial charge on any atom is 0.338 e. The second-order valence-corrected chi connectivity index (χ2v) is 8.77. The fourth-order valence-electron chi connectivity index (χ4n) is 4.22. The molecule has 0 radical (unpaired) electrons. The zero-order valence-corrected chi connectivity index (χ0v) is 20.6. The Bertz CT molecular complexity index is 1040. The Morgan fingerprint density at radius 1 is 1.15 bits per heavy atom. The predicted octanol–water partition coefficient (Wildman–Crippen LogP) is 3.09. The molecule has 182 valence electrons. The quantitative estimate of drug-likeness (QED) is 0.542. The minimum Gasteiger partial charge on any atom is -0.497 e. The van der Waals surface area contributed by atoms with E-state index in [1.54, 1.807) is 34.1 Å². The van der Waals surface area contributed by atoms with Crippen LogP contribution in [0, 0.1) is 0 Å². The summed E-state index contributed by atoms with van der Waals surface area (Å²) in [4.78, 5) is 34.6. The van der Waals surface area contributed by atoms with Crippen molar-refractivity contribution >= 4 is 28.8 Å². The average molecular weight is 488 g/mol. The summed E-state index contributed by atoms with van der Waals surface area (Å²) >= 11 is 1.44. The van der Waals surface area contributed by atoms with Crippen LogP contribution >= 0.6 is 11.8 Å². The van der Waals surface area contributed by atoms with Gasteiger partial charge in [0.15, 0.2) is 5.17 Å². The van der Waals surface area contributed by atoms with Crippen LogP contribution in [-0.2, 0) is 19.1 Å². The Morgan fingerprint density at radius 2 is 1.82 bits per heavy atom. The van der Waals surface area contributed by atoms with Gasteiger partial charge in [0.2, 0.25) is 5.91 Å². The number of aliphatic imine (C=N–C) groups is 1. The molecule has 3 heterocycles. The number of ether oxygens (including phenoxy) is 4. The predicted molar refractivity (Wildman–Crippen MR) is 129 cm³/mol. The third-order valence-corrected chi connectivity index (χ3v) is 6.77. The van der Waals surface area contributed by atoms with E-state index in [9.17, 15) is 9.59 Å². The van der Waals surface area contributed by atoms with Crippen molar-refractivity contribution in [3.63, 3.8) is 0 Å². The number of fused-ring (bicyclic) bond motifs is 1. The summed E-state index contributed by atoms with van der Waals surface area (Å²) in [5.41, 5.74) is 2.56. The molecular formula is C24H29N3O6S. The van der Waals surface area contributed by atoms with Gasteiger partial charge in [-0.05, 0) is 37.0 Å². The number of morpholine rings is 1. The minimum atomic E-state index is -0.547. The van der Waals surface area contributed by atoms with Crippen LogP contribution in [0.25, 0.3) is 0 Å². The number of thioether (sulfide) groups is 1.